The number of aliphatic hydroxyl groups is 3. The Labute approximate surface area is 146 Å². The van der Waals surface area contributed by atoms with E-state index in [-0.39, 0.29) is 0 Å². The Bertz CT molecular complexity index is 591. The van der Waals surface area contributed by atoms with Crippen LogP contribution < -0.4 is 0 Å². The van der Waals surface area contributed by atoms with E-state index in [1.807, 2.05) is 0 Å². The van der Waals surface area contributed by atoms with Gasteiger partial charge in [-0.25, -0.2) is 0 Å². The summed E-state index contributed by atoms with van der Waals surface area (Å²) in [4.78, 5) is 48.4. The molecule has 0 spiro atoms. The van der Waals surface area contributed by atoms with E-state index in [9.17, 15) is 34.5 Å². The Morgan fingerprint density at radius 1 is 1.08 bits per heavy atom. The molecule has 136 valence electrons. The summed E-state index contributed by atoms with van der Waals surface area (Å²) in [6.45, 7) is 2.68. The van der Waals surface area contributed by atoms with Gasteiger partial charge in [0.1, 0.15) is 12.2 Å². The van der Waals surface area contributed by atoms with Crippen LogP contribution in [0.15, 0.2) is 0 Å². The Balaban J connectivity index is 3.94. The lowest BCUT2D eigenvalue weighted by molar-refractivity contribution is -0.300. The first-order chi connectivity index (χ1) is 10.8. The molecule has 10 heteroatoms. The van der Waals surface area contributed by atoms with Crippen LogP contribution in [0.4, 0.5) is 0 Å². The number of carbonyl (C=O) groups excluding carboxylic acids is 4. The van der Waals surface area contributed by atoms with Crippen LogP contribution in [0.5, 0.6) is 0 Å². The fourth-order valence-electron chi connectivity index (χ4n) is 2.93. The van der Waals surface area contributed by atoms with E-state index >= 15 is 0 Å². The summed E-state index contributed by atoms with van der Waals surface area (Å²) >= 11 is 2.86. The second kappa shape index (κ2) is 6.60. The predicted octanol–water partition coefficient (Wildman–Crippen LogP) is -1.37. The molecule has 0 bridgehead atoms. The summed E-state index contributed by atoms with van der Waals surface area (Å²) in [5.41, 5.74) is -5.93. The molecule has 0 amide bonds. The zero-order valence-corrected chi connectivity index (χ0v) is 15.1. The van der Waals surface area contributed by atoms with Crippen molar-refractivity contribution in [2.75, 3.05) is 6.61 Å². The van der Waals surface area contributed by atoms with Gasteiger partial charge in [-0.05, 0) is 36.7 Å². The van der Waals surface area contributed by atoms with Gasteiger partial charge < -0.3 is 24.8 Å². The highest BCUT2D eigenvalue weighted by Crippen LogP contribution is 2.52. The maximum absolute atomic E-state index is 12.4. The number of aliphatic hydroxyl groups excluding tert-OH is 2. The van der Waals surface area contributed by atoms with E-state index in [0.717, 1.165) is 27.7 Å². The Hall–Kier alpha value is -1.20. The number of halogens is 1. The van der Waals surface area contributed by atoms with Crippen LogP contribution in [0, 0.1) is 0 Å². The van der Waals surface area contributed by atoms with Crippen LogP contribution in [-0.4, -0.2) is 73.2 Å². The van der Waals surface area contributed by atoms with Gasteiger partial charge in [0.2, 0.25) is 10.1 Å². The number of hydrogen-bond donors (Lipinski definition) is 3. The van der Waals surface area contributed by atoms with Crippen LogP contribution in [0.3, 0.4) is 0 Å². The number of esters is 1. The largest absolute Gasteiger partial charge is 0.443 e. The lowest BCUT2D eigenvalue weighted by atomic mass is 9.66. The van der Waals surface area contributed by atoms with Crippen LogP contribution in [0.2, 0.25) is 0 Å². The third-order valence-corrected chi connectivity index (χ3v) is 5.35. The monoisotopic (exact) mass is 410 g/mol. The molecule has 1 aliphatic heterocycles. The van der Waals surface area contributed by atoms with Crippen molar-refractivity contribution in [3.63, 3.8) is 0 Å². The number of rotatable bonds is 5. The summed E-state index contributed by atoms with van der Waals surface area (Å²) < 4.78 is 7.75. The van der Waals surface area contributed by atoms with Gasteiger partial charge in [-0.1, -0.05) is 0 Å². The summed E-state index contributed by atoms with van der Waals surface area (Å²) in [6.07, 6.45) is -3.75. The van der Waals surface area contributed by atoms with Gasteiger partial charge in [0.15, 0.2) is 17.3 Å². The molecule has 5 atom stereocenters. The number of ketones is 3. The zero-order chi connectivity index (χ0) is 19.1. The normalized spacial score (nSPS) is 39.2. The molecule has 0 aliphatic carbocycles. The number of ether oxygens (including phenoxy) is 2. The second-order valence-electron chi connectivity index (χ2n) is 5.59. The highest BCUT2D eigenvalue weighted by atomic mass is 79.9. The molecule has 3 N–H and O–H groups in total. The molecule has 1 fully saturated rings. The number of carbonyl (C=O) groups is 4. The predicted molar refractivity (Wildman–Crippen MR) is 81.1 cm³/mol. The second-order valence-corrected chi connectivity index (χ2v) is 6.71. The lowest BCUT2D eigenvalue weighted by Gasteiger charge is -2.57. The summed E-state index contributed by atoms with van der Waals surface area (Å²) in [5, 5.41) is 30.6. The Morgan fingerprint density at radius 2 is 1.58 bits per heavy atom. The summed E-state index contributed by atoms with van der Waals surface area (Å²) in [6, 6.07) is 0. The number of Topliss-reactive ketones (excluding diaryl/α,β-unsaturated/α-hetero) is 3. The van der Waals surface area contributed by atoms with Crippen molar-refractivity contribution < 1.29 is 44.0 Å². The van der Waals surface area contributed by atoms with Crippen molar-refractivity contribution in [1.29, 1.82) is 0 Å². The van der Waals surface area contributed by atoms with E-state index in [1.54, 1.807) is 0 Å². The van der Waals surface area contributed by atoms with Crippen molar-refractivity contribution in [2.24, 2.45) is 0 Å². The van der Waals surface area contributed by atoms with E-state index in [2.05, 4.69) is 15.9 Å². The van der Waals surface area contributed by atoms with Gasteiger partial charge in [-0.15, -0.1) is 0 Å². The highest BCUT2D eigenvalue weighted by Gasteiger charge is 2.79. The smallest absolute Gasteiger partial charge is 0.303 e. The van der Waals surface area contributed by atoms with Gasteiger partial charge >= 0.3 is 5.97 Å². The van der Waals surface area contributed by atoms with Gasteiger partial charge in [0.05, 0.1) is 6.61 Å². The minimum absolute atomic E-state index is 0.845. The standard InChI is InChI=1S/C14H19BrO9/c1-6(17)12(22)11(21)10(5-16)24-14(15,8(3)19)13(12,7(2)18)23-9(4)20/h10-11,16,21-22H,5H2,1-4H3/t10-,11-,12+,13-,14?/m1/s1. The van der Waals surface area contributed by atoms with Gasteiger partial charge in [-0.2, -0.15) is 0 Å². The first kappa shape index (κ1) is 20.8. The van der Waals surface area contributed by atoms with E-state index in [4.69, 9.17) is 9.47 Å². The number of hydrogen-bond acceptors (Lipinski definition) is 9. The minimum Gasteiger partial charge on any atom is -0.443 e. The molecule has 0 aromatic carbocycles. The molecular formula is C14H19BrO9. The van der Waals surface area contributed by atoms with E-state index < -0.39 is 57.8 Å². The maximum atomic E-state index is 12.4. The lowest BCUT2D eigenvalue weighted by Crippen LogP contribution is -2.84. The summed E-state index contributed by atoms with van der Waals surface area (Å²) in [5.74, 6) is -4.30. The highest BCUT2D eigenvalue weighted by molar-refractivity contribution is 9.10. The van der Waals surface area contributed by atoms with Crippen LogP contribution in [-0.2, 0) is 28.7 Å². The van der Waals surface area contributed by atoms with Gasteiger partial charge in [0.25, 0.3) is 5.60 Å². The van der Waals surface area contributed by atoms with Crippen LogP contribution in [0.25, 0.3) is 0 Å². The van der Waals surface area contributed by atoms with Gasteiger partial charge in [0, 0.05) is 6.92 Å². The van der Waals surface area contributed by atoms with E-state index in [1.165, 1.54) is 0 Å². The van der Waals surface area contributed by atoms with Crippen molar-refractivity contribution >= 4 is 39.2 Å². The van der Waals surface area contributed by atoms with E-state index in [0.29, 0.717) is 0 Å². The molecule has 1 rings (SSSR count). The molecule has 0 saturated carbocycles. The van der Waals surface area contributed by atoms with Crippen molar-refractivity contribution in [3.05, 3.63) is 0 Å². The zero-order valence-electron chi connectivity index (χ0n) is 13.5. The molecule has 24 heavy (non-hydrogen) atoms. The first-order valence-corrected chi connectivity index (χ1v) is 7.72. The molecule has 0 aromatic rings. The Kier molecular flexibility index (Phi) is 5.73. The van der Waals surface area contributed by atoms with Gasteiger partial charge in [-0.3, -0.25) is 19.2 Å². The summed E-state index contributed by atoms with van der Waals surface area (Å²) in [7, 11) is 0. The maximum Gasteiger partial charge on any atom is 0.303 e. The molecule has 1 saturated heterocycles. The fraction of sp³-hybridized carbons (Fsp3) is 0.714. The topological polar surface area (TPSA) is 147 Å². The molecule has 0 aromatic heterocycles. The Morgan fingerprint density at radius 3 is 1.88 bits per heavy atom. The molecule has 1 aliphatic rings. The van der Waals surface area contributed by atoms with Crippen molar-refractivity contribution in [1.82, 2.24) is 0 Å². The van der Waals surface area contributed by atoms with Crippen LogP contribution in [0.1, 0.15) is 27.7 Å². The molecule has 0 radical (unpaired) electrons. The first-order valence-electron chi connectivity index (χ1n) is 6.93. The third kappa shape index (κ3) is 2.53. The molecule has 9 nitrogen and oxygen atoms in total. The van der Waals surface area contributed by atoms with Crippen molar-refractivity contribution in [2.45, 2.75) is 55.6 Å². The molecular weight excluding hydrogens is 392 g/mol. The average molecular weight is 411 g/mol. The third-order valence-electron chi connectivity index (χ3n) is 4.05. The van der Waals surface area contributed by atoms with Crippen LogP contribution >= 0.6 is 15.9 Å². The molecule has 1 heterocycles. The average Bonchev–Trinajstić information content (AvgIpc) is 2.46. The molecule has 1 unspecified atom stereocenters. The fourth-order valence-corrected chi connectivity index (χ4v) is 3.83. The minimum atomic E-state index is -3.04. The SMILES string of the molecule is CC(=O)O[C@@]1(C(C)=O)C(Br)(C(C)=O)O[C@H](CO)[C@@H](O)[C@@]1(O)C(C)=O. The number of alkyl halides is 1. The van der Waals surface area contributed by atoms with Crippen molar-refractivity contribution in [3.8, 4) is 0 Å². The quantitative estimate of drug-likeness (QED) is 0.368.